The lowest BCUT2D eigenvalue weighted by molar-refractivity contribution is 0.738. The molecule has 0 bridgehead atoms. The number of pyridine rings is 2. The first kappa shape index (κ1) is 13.4. The standard InChI is InChI=1S/C18H16N6/c1-2-14-15(20-5-1)9-16(22-14)17-13-8-12(10-21-18(13)24-23-17)11-3-6-19-7-4-11/h1-3,5,8-10,19,22H,4,6-7H2,(H,21,23,24). The van der Waals surface area contributed by atoms with Crippen LogP contribution in [-0.2, 0) is 0 Å². The van der Waals surface area contributed by atoms with Gasteiger partial charge in [0.1, 0.15) is 0 Å². The molecule has 24 heavy (non-hydrogen) atoms. The maximum atomic E-state index is 4.52. The molecule has 1 aliphatic heterocycles. The third-order valence-corrected chi connectivity index (χ3v) is 4.50. The van der Waals surface area contributed by atoms with Gasteiger partial charge in [-0.2, -0.15) is 5.10 Å². The van der Waals surface area contributed by atoms with Crippen LogP contribution < -0.4 is 5.32 Å². The van der Waals surface area contributed by atoms with E-state index in [1.807, 2.05) is 24.4 Å². The molecule has 0 spiro atoms. The van der Waals surface area contributed by atoms with Crippen LogP contribution in [0.3, 0.4) is 0 Å². The summed E-state index contributed by atoms with van der Waals surface area (Å²) in [5.41, 5.74) is 7.13. The summed E-state index contributed by atoms with van der Waals surface area (Å²) in [7, 11) is 0. The Hall–Kier alpha value is -2.99. The molecule has 0 atom stereocenters. The van der Waals surface area contributed by atoms with E-state index in [9.17, 15) is 0 Å². The van der Waals surface area contributed by atoms with Crippen molar-refractivity contribution < 1.29 is 0 Å². The van der Waals surface area contributed by atoms with E-state index in [1.54, 1.807) is 6.20 Å². The number of nitrogens with zero attached hydrogens (tertiary/aromatic N) is 3. The first-order valence-corrected chi connectivity index (χ1v) is 8.07. The van der Waals surface area contributed by atoms with E-state index in [-0.39, 0.29) is 0 Å². The lowest BCUT2D eigenvalue weighted by atomic mass is 10.0. The molecule has 4 aromatic heterocycles. The highest BCUT2D eigenvalue weighted by Crippen LogP contribution is 2.29. The van der Waals surface area contributed by atoms with Gasteiger partial charge in [-0.25, -0.2) is 4.98 Å². The molecule has 0 fully saturated rings. The molecule has 4 aromatic rings. The van der Waals surface area contributed by atoms with E-state index in [1.165, 1.54) is 11.1 Å². The van der Waals surface area contributed by atoms with Crippen LogP contribution in [0.1, 0.15) is 12.0 Å². The summed E-state index contributed by atoms with van der Waals surface area (Å²) in [6, 6.07) is 8.17. The highest BCUT2D eigenvalue weighted by atomic mass is 15.2. The molecular weight excluding hydrogens is 300 g/mol. The fourth-order valence-corrected chi connectivity index (χ4v) is 3.26. The number of nitrogens with one attached hydrogen (secondary N) is 3. The quantitative estimate of drug-likeness (QED) is 0.531. The van der Waals surface area contributed by atoms with Crippen molar-refractivity contribution in [2.75, 3.05) is 13.1 Å². The molecule has 0 aliphatic carbocycles. The number of H-pyrrole nitrogens is 2. The van der Waals surface area contributed by atoms with Gasteiger partial charge in [0.15, 0.2) is 5.65 Å². The Morgan fingerprint density at radius 2 is 2.12 bits per heavy atom. The van der Waals surface area contributed by atoms with E-state index in [0.29, 0.717) is 0 Å². The molecule has 5 rings (SSSR count). The third kappa shape index (κ3) is 2.11. The summed E-state index contributed by atoms with van der Waals surface area (Å²) in [5, 5.41) is 11.8. The van der Waals surface area contributed by atoms with E-state index < -0.39 is 0 Å². The minimum Gasteiger partial charge on any atom is -0.352 e. The van der Waals surface area contributed by atoms with Gasteiger partial charge in [-0.05, 0) is 48.4 Å². The normalized spacial score (nSPS) is 15.1. The number of fused-ring (bicyclic) bond motifs is 2. The molecular formula is C18H16N6. The molecule has 1 aliphatic rings. The van der Waals surface area contributed by atoms with Gasteiger partial charge < -0.3 is 10.3 Å². The molecule has 0 saturated carbocycles. The van der Waals surface area contributed by atoms with Crippen molar-refractivity contribution in [2.45, 2.75) is 6.42 Å². The monoisotopic (exact) mass is 316 g/mol. The van der Waals surface area contributed by atoms with Gasteiger partial charge in [0.05, 0.1) is 22.4 Å². The Morgan fingerprint density at radius 3 is 3.00 bits per heavy atom. The van der Waals surface area contributed by atoms with Crippen molar-refractivity contribution in [1.82, 2.24) is 30.5 Å². The highest BCUT2D eigenvalue weighted by molar-refractivity contribution is 5.94. The topological polar surface area (TPSA) is 82.3 Å². The summed E-state index contributed by atoms with van der Waals surface area (Å²) in [5.74, 6) is 0. The maximum absolute atomic E-state index is 4.52. The molecule has 6 nitrogen and oxygen atoms in total. The molecule has 118 valence electrons. The third-order valence-electron chi connectivity index (χ3n) is 4.50. The Bertz CT molecular complexity index is 1040. The van der Waals surface area contributed by atoms with Crippen LogP contribution in [0.15, 0.2) is 42.7 Å². The SMILES string of the molecule is C1=C(c2cnc3n[nH]c(-c4cc5ncccc5[nH]4)c3c2)CCNC1. The fraction of sp³-hybridized carbons (Fsp3) is 0.167. The van der Waals surface area contributed by atoms with Crippen molar-refractivity contribution in [3.8, 4) is 11.4 Å². The second kappa shape index (κ2) is 5.28. The van der Waals surface area contributed by atoms with Crippen molar-refractivity contribution in [2.24, 2.45) is 0 Å². The molecule has 5 heterocycles. The van der Waals surface area contributed by atoms with Crippen molar-refractivity contribution in [3.05, 3.63) is 48.3 Å². The first-order valence-electron chi connectivity index (χ1n) is 8.07. The van der Waals surface area contributed by atoms with Crippen molar-refractivity contribution in [3.63, 3.8) is 0 Å². The van der Waals surface area contributed by atoms with Crippen molar-refractivity contribution >= 4 is 27.6 Å². The van der Waals surface area contributed by atoms with Crippen LogP contribution in [0.4, 0.5) is 0 Å². The van der Waals surface area contributed by atoms with Crippen LogP contribution in [0.2, 0.25) is 0 Å². The first-order chi connectivity index (χ1) is 11.9. The molecule has 0 radical (unpaired) electrons. The largest absolute Gasteiger partial charge is 0.352 e. The molecule has 0 saturated heterocycles. The van der Waals surface area contributed by atoms with Gasteiger partial charge >= 0.3 is 0 Å². The van der Waals surface area contributed by atoms with E-state index >= 15 is 0 Å². The van der Waals surface area contributed by atoms with Crippen molar-refractivity contribution in [1.29, 1.82) is 0 Å². The van der Waals surface area contributed by atoms with E-state index in [2.05, 4.69) is 42.6 Å². The van der Waals surface area contributed by atoms with Gasteiger partial charge in [-0.3, -0.25) is 10.1 Å². The zero-order chi connectivity index (χ0) is 15.9. The highest BCUT2D eigenvalue weighted by Gasteiger charge is 2.14. The van der Waals surface area contributed by atoms with Gasteiger partial charge in [0.2, 0.25) is 0 Å². The number of rotatable bonds is 2. The minimum absolute atomic E-state index is 0.731. The predicted octanol–water partition coefficient (Wildman–Crippen LogP) is 2.88. The Kier molecular flexibility index (Phi) is 2.96. The Labute approximate surface area is 138 Å². The zero-order valence-electron chi connectivity index (χ0n) is 13.0. The fourth-order valence-electron chi connectivity index (χ4n) is 3.26. The van der Waals surface area contributed by atoms with Crippen LogP contribution in [0.5, 0.6) is 0 Å². The molecule has 0 aromatic carbocycles. The summed E-state index contributed by atoms with van der Waals surface area (Å²) in [4.78, 5) is 12.3. The molecule has 0 unspecified atom stereocenters. The van der Waals surface area contributed by atoms with Crippen LogP contribution in [-0.4, -0.2) is 38.2 Å². The summed E-state index contributed by atoms with van der Waals surface area (Å²) < 4.78 is 0. The lowest BCUT2D eigenvalue weighted by Gasteiger charge is -2.13. The summed E-state index contributed by atoms with van der Waals surface area (Å²) in [6.45, 7) is 1.93. The second-order valence-electron chi connectivity index (χ2n) is 6.00. The average Bonchev–Trinajstić information content (AvgIpc) is 3.25. The zero-order valence-corrected chi connectivity index (χ0v) is 13.0. The second-order valence-corrected chi connectivity index (χ2v) is 6.00. The summed E-state index contributed by atoms with van der Waals surface area (Å²) >= 11 is 0. The summed E-state index contributed by atoms with van der Waals surface area (Å²) in [6.07, 6.45) is 6.97. The Morgan fingerprint density at radius 1 is 1.12 bits per heavy atom. The maximum Gasteiger partial charge on any atom is 0.181 e. The molecule has 3 N–H and O–H groups in total. The van der Waals surface area contributed by atoms with Crippen LogP contribution in [0.25, 0.3) is 39.0 Å². The smallest absolute Gasteiger partial charge is 0.181 e. The average molecular weight is 316 g/mol. The molecule has 6 heteroatoms. The van der Waals surface area contributed by atoms with E-state index in [0.717, 1.165) is 53.0 Å². The van der Waals surface area contributed by atoms with Gasteiger partial charge in [0.25, 0.3) is 0 Å². The number of aromatic nitrogens is 5. The number of aromatic amines is 2. The van der Waals surface area contributed by atoms with Gasteiger partial charge in [0, 0.05) is 24.3 Å². The number of hydrogen-bond donors (Lipinski definition) is 3. The predicted molar refractivity (Wildman–Crippen MR) is 94.4 cm³/mol. The van der Waals surface area contributed by atoms with Crippen LogP contribution >= 0.6 is 0 Å². The molecule has 0 amide bonds. The van der Waals surface area contributed by atoms with Crippen LogP contribution in [0, 0.1) is 0 Å². The lowest BCUT2D eigenvalue weighted by Crippen LogP contribution is -2.20. The van der Waals surface area contributed by atoms with Gasteiger partial charge in [-0.15, -0.1) is 0 Å². The van der Waals surface area contributed by atoms with E-state index in [4.69, 9.17) is 0 Å². The number of hydrogen-bond acceptors (Lipinski definition) is 4. The van der Waals surface area contributed by atoms with Gasteiger partial charge in [-0.1, -0.05) is 6.08 Å². The Balaban J connectivity index is 1.66. The minimum atomic E-state index is 0.731.